The number of nitrogens with two attached hydrogens (primary N) is 2. The Hall–Kier alpha value is -4.24. The standard InChI is InChI=1S/C21H29N5O10/c22-12(9-27)18(32)25-14(7-10-1-3-11(28)4-2-10)20(34)24-13(5-6-16(23)29)19(33)26-15(21(35)36)8-17(30)31/h1-4,12-15,27-28H,5-9,22H2,(H2,23,29)(H,24,34)(H,25,32)(H,26,33)(H,30,31)(H,35,36). The van der Waals surface area contributed by atoms with Crippen LogP contribution in [0.2, 0.25) is 0 Å². The van der Waals surface area contributed by atoms with Crippen molar-refractivity contribution < 1.29 is 49.2 Å². The van der Waals surface area contributed by atoms with Gasteiger partial charge in [0.1, 0.15) is 29.9 Å². The van der Waals surface area contributed by atoms with Gasteiger partial charge < -0.3 is 47.8 Å². The Balaban J connectivity index is 3.15. The van der Waals surface area contributed by atoms with Gasteiger partial charge in [-0.1, -0.05) is 12.1 Å². The Labute approximate surface area is 204 Å². The minimum Gasteiger partial charge on any atom is -0.508 e. The van der Waals surface area contributed by atoms with E-state index in [-0.39, 0.29) is 25.0 Å². The summed E-state index contributed by atoms with van der Waals surface area (Å²) in [5, 5.41) is 43.2. The van der Waals surface area contributed by atoms with Crippen molar-refractivity contribution in [1.82, 2.24) is 16.0 Å². The monoisotopic (exact) mass is 511 g/mol. The fraction of sp³-hybridized carbons (Fsp3) is 0.429. The first-order chi connectivity index (χ1) is 16.8. The number of carbonyl (C=O) groups is 6. The third-order valence-electron chi connectivity index (χ3n) is 4.85. The molecule has 1 aromatic carbocycles. The minimum atomic E-state index is -1.82. The second kappa shape index (κ2) is 14.2. The maximum absolute atomic E-state index is 13.0. The molecule has 0 spiro atoms. The molecule has 1 aromatic rings. The first kappa shape index (κ1) is 29.8. The van der Waals surface area contributed by atoms with Gasteiger partial charge in [-0.3, -0.25) is 24.0 Å². The number of hydrogen-bond donors (Lipinski definition) is 9. The SMILES string of the molecule is NC(=O)CCC(NC(=O)C(Cc1ccc(O)cc1)NC(=O)C(N)CO)C(=O)NC(CC(=O)O)C(=O)O. The molecular weight excluding hydrogens is 482 g/mol. The van der Waals surface area contributed by atoms with E-state index in [1.165, 1.54) is 24.3 Å². The number of primary amides is 1. The molecule has 0 bridgehead atoms. The van der Waals surface area contributed by atoms with Gasteiger partial charge in [-0.25, -0.2) is 4.79 Å². The van der Waals surface area contributed by atoms with Crippen LogP contribution in [0.4, 0.5) is 0 Å². The fourth-order valence-corrected chi connectivity index (χ4v) is 2.91. The van der Waals surface area contributed by atoms with Crippen molar-refractivity contribution in [2.24, 2.45) is 11.5 Å². The number of rotatable bonds is 15. The first-order valence-electron chi connectivity index (χ1n) is 10.6. The molecule has 0 saturated carbocycles. The lowest BCUT2D eigenvalue weighted by Crippen LogP contribution is -2.58. The zero-order valence-corrected chi connectivity index (χ0v) is 19.0. The molecule has 0 aliphatic carbocycles. The van der Waals surface area contributed by atoms with E-state index < -0.39 is 72.8 Å². The summed E-state index contributed by atoms with van der Waals surface area (Å²) in [6, 6.07) is -0.446. The number of benzene rings is 1. The Kier molecular flexibility index (Phi) is 11.8. The number of aromatic hydroxyl groups is 1. The normalized spacial score (nSPS) is 13.9. The van der Waals surface area contributed by atoms with Gasteiger partial charge in [0.25, 0.3) is 0 Å². The van der Waals surface area contributed by atoms with Crippen LogP contribution in [0.1, 0.15) is 24.8 Å². The lowest BCUT2D eigenvalue weighted by molar-refractivity contribution is -0.147. The molecule has 15 nitrogen and oxygen atoms in total. The van der Waals surface area contributed by atoms with Gasteiger partial charge >= 0.3 is 11.9 Å². The molecule has 15 heteroatoms. The van der Waals surface area contributed by atoms with Crippen molar-refractivity contribution in [2.45, 2.75) is 49.9 Å². The highest BCUT2D eigenvalue weighted by Crippen LogP contribution is 2.12. The van der Waals surface area contributed by atoms with Gasteiger partial charge in [-0.2, -0.15) is 0 Å². The summed E-state index contributed by atoms with van der Waals surface area (Å²) < 4.78 is 0. The Morgan fingerprint density at radius 1 is 0.833 bits per heavy atom. The molecule has 11 N–H and O–H groups in total. The molecule has 0 heterocycles. The summed E-state index contributed by atoms with van der Waals surface area (Å²) >= 11 is 0. The van der Waals surface area contributed by atoms with Crippen LogP contribution in [0.25, 0.3) is 0 Å². The predicted molar refractivity (Wildman–Crippen MR) is 121 cm³/mol. The van der Waals surface area contributed by atoms with Crippen LogP contribution in [0, 0.1) is 0 Å². The zero-order chi connectivity index (χ0) is 27.4. The van der Waals surface area contributed by atoms with Crippen molar-refractivity contribution in [3.8, 4) is 5.75 Å². The second-order valence-corrected chi connectivity index (χ2v) is 7.78. The fourth-order valence-electron chi connectivity index (χ4n) is 2.91. The summed E-state index contributed by atoms with van der Waals surface area (Å²) in [6.45, 7) is -0.719. The van der Waals surface area contributed by atoms with E-state index in [1.807, 2.05) is 5.32 Å². The molecule has 1 rings (SSSR count). The molecule has 0 saturated heterocycles. The highest BCUT2D eigenvalue weighted by molar-refractivity contribution is 5.95. The number of aliphatic hydroxyl groups excluding tert-OH is 1. The highest BCUT2D eigenvalue weighted by atomic mass is 16.4. The van der Waals surface area contributed by atoms with E-state index in [1.54, 1.807) is 0 Å². The van der Waals surface area contributed by atoms with Crippen molar-refractivity contribution in [3.05, 3.63) is 29.8 Å². The number of hydrogen-bond acceptors (Lipinski definition) is 9. The van der Waals surface area contributed by atoms with Crippen molar-refractivity contribution in [3.63, 3.8) is 0 Å². The molecule has 198 valence electrons. The average molecular weight is 511 g/mol. The second-order valence-electron chi connectivity index (χ2n) is 7.78. The van der Waals surface area contributed by atoms with Gasteiger partial charge in [0.2, 0.25) is 23.6 Å². The van der Waals surface area contributed by atoms with Crippen LogP contribution < -0.4 is 27.4 Å². The van der Waals surface area contributed by atoms with Crippen LogP contribution in [0.15, 0.2) is 24.3 Å². The summed E-state index contributed by atoms with van der Waals surface area (Å²) in [5.74, 6) is -6.94. The van der Waals surface area contributed by atoms with Gasteiger partial charge in [0, 0.05) is 12.8 Å². The highest BCUT2D eigenvalue weighted by Gasteiger charge is 2.31. The number of amides is 4. The summed E-state index contributed by atoms with van der Waals surface area (Å²) in [6.07, 6.45) is -1.84. The largest absolute Gasteiger partial charge is 0.508 e. The van der Waals surface area contributed by atoms with Gasteiger partial charge in [-0.05, 0) is 24.1 Å². The Morgan fingerprint density at radius 3 is 1.86 bits per heavy atom. The zero-order valence-electron chi connectivity index (χ0n) is 19.0. The molecular formula is C21H29N5O10. The molecule has 0 aliphatic rings. The van der Waals surface area contributed by atoms with Crippen molar-refractivity contribution >= 4 is 35.6 Å². The van der Waals surface area contributed by atoms with E-state index >= 15 is 0 Å². The third-order valence-corrected chi connectivity index (χ3v) is 4.85. The quantitative estimate of drug-likeness (QED) is 0.112. The average Bonchev–Trinajstić information content (AvgIpc) is 2.80. The number of aliphatic hydroxyl groups is 1. The minimum absolute atomic E-state index is 0.0522. The lowest BCUT2D eigenvalue weighted by Gasteiger charge is -2.25. The Bertz CT molecular complexity index is 968. The maximum Gasteiger partial charge on any atom is 0.326 e. The first-order valence-corrected chi connectivity index (χ1v) is 10.6. The predicted octanol–water partition coefficient (Wildman–Crippen LogP) is -3.47. The van der Waals surface area contributed by atoms with Crippen LogP contribution >= 0.6 is 0 Å². The van der Waals surface area contributed by atoms with Crippen LogP contribution in [0.5, 0.6) is 5.75 Å². The molecule has 0 aromatic heterocycles. The van der Waals surface area contributed by atoms with E-state index in [0.717, 1.165) is 0 Å². The molecule has 0 fully saturated rings. The number of phenolic OH excluding ortho intramolecular Hbond substituents is 1. The summed E-state index contributed by atoms with van der Waals surface area (Å²) in [4.78, 5) is 71.4. The van der Waals surface area contributed by atoms with E-state index in [0.29, 0.717) is 5.56 Å². The van der Waals surface area contributed by atoms with Gasteiger partial charge in [0.05, 0.1) is 13.0 Å². The van der Waals surface area contributed by atoms with Crippen molar-refractivity contribution in [2.75, 3.05) is 6.61 Å². The molecule has 0 aliphatic heterocycles. The number of aliphatic carboxylic acids is 2. The number of carboxylic acid groups (broad SMARTS) is 2. The number of carbonyl (C=O) groups excluding carboxylic acids is 4. The van der Waals surface area contributed by atoms with E-state index in [2.05, 4.69) is 10.6 Å². The van der Waals surface area contributed by atoms with Gasteiger partial charge in [-0.15, -0.1) is 0 Å². The third kappa shape index (κ3) is 10.4. The molecule has 4 unspecified atom stereocenters. The smallest absolute Gasteiger partial charge is 0.326 e. The summed E-state index contributed by atoms with van der Waals surface area (Å²) in [7, 11) is 0. The van der Waals surface area contributed by atoms with Crippen LogP contribution in [0.3, 0.4) is 0 Å². The number of phenols is 1. The topological polar surface area (TPSA) is 271 Å². The van der Waals surface area contributed by atoms with Gasteiger partial charge in [0.15, 0.2) is 0 Å². The van der Waals surface area contributed by atoms with Crippen molar-refractivity contribution in [1.29, 1.82) is 0 Å². The Morgan fingerprint density at radius 2 is 1.36 bits per heavy atom. The maximum atomic E-state index is 13.0. The van der Waals surface area contributed by atoms with Crippen LogP contribution in [-0.4, -0.2) is 86.8 Å². The van der Waals surface area contributed by atoms with E-state index in [9.17, 15) is 33.9 Å². The molecule has 0 radical (unpaired) electrons. The molecule has 36 heavy (non-hydrogen) atoms. The number of carboxylic acids is 2. The molecule has 4 atom stereocenters. The lowest BCUT2D eigenvalue weighted by atomic mass is 10.0. The van der Waals surface area contributed by atoms with Crippen LogP contribution in [-0.2, 0) is 35.2 Å². The number of nitrogens with one attached hydrogen (secondary N) is 3. The summed E-state index contributed by atoms with van der Waals surface area (Å²) in [5.41, 5.74) is 11.1. The van der Waals surface area contributed by atoms with E-state index in [4.69, 9.17) is 26.8 Å². The molecule has 4 amide bonds.